The second-order valence-corrected chi connectivity index (χ2v) is 18.5. The molecule has 0 radical (unpaired) electrons. The molecule has 4 N–H and O–H groups in total. The van der Waals surface area contributed by atoms with E-state index in [0.717, 1.165) is 22.6 Å². The van der Waals surface area contributed by atoms with E-state index in [4.69, 9.17) is 60.7 Å². The number of nitriles is 2. The van der Waals surface area contributed by atoms with E-state index in [0.29, 0.717) is 140 Å². The number of azo groups is 1. The van der Waals surface area contributed by atoms with E-state index in [9.17, 15) is 34.7 Å². The van der Waals surface area contributed by atoms with Gasteiger partial charge < -0.3 is 64.8 Å². The third kappa shape index (κ3) is 32.3. The molecule has 2 amide bonds. The van der Waals surface area contributed by atoms with E-state index in [-0.39, 0.29) is 98.6 Å². The predicted molar refractivity (Wildman–Crippen MR) is 342 cm³/mol. The van der Waals surface area contributed by atoms with Crippen molar-refractivity contribution in [2.75, 3.05) is 103 Å². The van der Waals surface area contributed by atoms with Crippen LogP contribution in [0.3, 0.4) is 0 Å². The number of hydrogen-bond donors (Lipinski definition) is 3. The van der Waals surface area contributed by atoms with Gasteiger partial charge in [0.1, 0.15) is 17.1 Å². The molecule has 0 aliphatic rings. The standard InChI is InChI=1S/C54H53N7O11S.C7H5N3S.2Na.14H2/c1-6-8-10-12-14-16-20-44(53(64)65)39-49(62)57-24-18-28-68-32-34-70-30-26-61(46-22-23-48(42(3)38-46)59-60-52-47(41-55)43(4)51(56-5)73-52)27-31-71-35-37-72-36-33-69-29-19-25-58-50(63)40-45(54(66)67)21-17-15-13-11-9-7-2;1-4-5(3-8)6(9)11-7(4)10-2;;;;;;;;;;;;;;;;/h1-2,22-23,38,44-45H,18-19,24-37,39-40H2,3-4H3,(H,57,62)(H,58,63)(H,64,65)(H,66,67);9H2,1H3;;;14*1H/q;;2*+1;;;;;;;;;;;;;;/p-2. The Hall–Kier alpha value is -8.06. The molecule has 3 rings (SSSR count). The first kappa shape index (κ1) is 77.9. The van der Waals surface area contributed by atoms with Gasteiger partial charge in [-0.15, -0.1) is 45.7 Å². The fourth-order valence-corrected chi connectivity index (χ4v) is 8.08. The summed E-state index contributed by atoms with van der Waals surface area (Å²) >= 11 is 2.28. The van der Waals surface area contributed by atoms with Crippen molar-refractivity contribution in [1.82, 2.24) is 10.6 Å². The number of nitrogens with one attached hydrogen (secondary N) is 2. The van der Waals surface area contributed by atoms with Crippen molar-refractivity contribution in [3.8, 4) is 108 Å². The quantitative estimate of drug-likeness (QED) is 0.0262. The van der Waals surface area contributed by atoms with E-state index >= 15 is 0 Å². The Labute approximate surface area is 575 Å². The van der Waals surface area contributed by atoms with Gasteiger partial charge in [0.25, 0.3) is 0 Å². The fraction of sp³-hybridized carbons (Fsp3) is 0.377. The molecule has 0 aliphatic carbocycles. The van der Waals surface area contributed by atoms with Crippen molar-refractivity contribution in [3.05, 3.63) is 68.9 Å². The van der Waals surface area contributed by atoms with Gasteiger partial charge >= 0.3 is 59.1 Å². The number of thiophene rings is 2. The molecule has 0 fully saturated rings. The number of nitrogens with two attached hydrogens (primary N) is 1. The summed E-state index contributed by atoms with van der Waals surface area (Å²) in [6.45, 7) is 24.3. The van der Waals surface area contributed by atoms with Crippen LogP contribution in [0, 0.1) is 164 Å². The van der Waals surface area contributed by atoms with Crippen LogP contribution >= 0.6 is 22.7 Å². The minimum Gasteiger partial charge on any atom is -0.549 e. The first-order chi connectivity index (χ1) is 40.6. The number of terminal acetylenes is 2. The Morgan fingerprint density at radius 1 is 0.651 bits per heavy atom. The van der Waals surface area contributed by atoms with Gasteiger partial charge in [-0.3, -0.25) is 9.59 Å². The summed E-state index contributed by atoms with van der Waals surface area (Å²) in [5.41, 5.74) is 9.84. The van der Waals surface area contributed by atoms with Crippen LogP contribution in [0.15, 0.2) is 28.4 Å². The van der Waals surface area contributed by atoms with Crippen LogP contribution in [0.25, 0.3) is 9.69 Å². The first-order valence-electron chi connectivity index (χ1n) is 25.3. The third-order valence-corrected chi connectivity index (χ3v) is 12.7. The number of nitrogens with zero attached hydrogens (tertiary/aromatic N) is 7. The van der Waals surface area contributed by atoms with Gasteiger partial charge in [-0.1, -0.05) is 11.8 Å². The van der Waals surface area contributed by atoms with Gasteiger partial charge in [0.2, 0.25) is 21.8 Å². The number of benzene rings is 1. The number of aliphatic carboxylic acids is 2. The minimum absolute atomic E-state index is 0. The smallest absolute Gasteiger partial charge is 0.549 e. The zero-order valence-corrected chi connectivity index (χ0v) is 53.9. The molecule has 0 saturated carbocycles. The summed E-state index contributed by atoms with van der Waals surface area (Å²) in [6.07, 6.45) is 10.2. The zero-order valence-electron chi connectivity index (χ0n) is 48.3. The summed E-state index contributed by atoms with van der Waals surface area (Å²) in [6, 6.07) is 9.76. The monoisotopic (exact) mass is 1240 g/mol. The second kappa shape index (κ2) is 48.2. The molecule has 2 aromatic heterocycles. The van der Waals surface area contributed by atoms with Crippen molar-refractivity contribution in [1.29, 1.82) is 10.5 Å². The average molecular weight is 1240 g/mol. The molecule has 21 nitrogen and oxygen atoms in total. The normalized spacial score (nSPS) is 10.0. The van der Waals surface area contributed by atoms with E-state index in [1.54, 1.807) is 13.8 Å². The molecule has 2 unspecified atom stereocenters. The van der Waals surface area contributed by atoms with Crippen LogP contribution in [-0.4, -0.2) is 116 Å². The number of amides is 2. The molecule has 1 aromatic carbocycles. The maximum absolute atomic E-state index is 12.2. The molecule has 3 aromatic rings. The number of carboxylic acid groups (broad SMARTS) is 2. The van der Waals surface area contributed by atoms with Crippen molar-refractivity contribution in [2.45, 2.75) is 46.5 Å². The van der Waals surface area contributed by atoms with Crippen LogP contribution in [0.4, 0.5) is 31.4 Å². The van der Waals surface area contributed by atoms with Gasteiger partial charge in [0, 0.05) is 77.9 Å². The van der Waals surface area contributed by atoms with Crippen LogP contribution in [0.1, 0.15) is 73.5 Å². The molecule has 86 heavy (non-hydrogen) atoms. The molecular weight excluding hydrogens is 1160 g/mol. The van der Waals surface area contributed by atoms with Gasteiger partial charge in [0.15, 0.2) is 0 Å². The van der Waals surface area contributed by atoms with Crippen molar-refractivity contribution < 1.29 is 132 Å². The molecule has 25 heteroatoms. The van der Waals surface area contributed by atoms with Crippen molar-refractivity contribution in [2.24, 2.45) is 22.1 Å². The Bertz CT molecular complexity index is 3530. The number of anilines is 2. The maximum atomic E-state index is 12.2. The molecule has 0 bridgehead atoms. The Kier molecular flexibility index (Phi) is 43.7. The number of nitrogen functional groups attached to an aromatic ring is 1. The van der Waals surface area contributed by atoms with Gasteiger partial charge in [-0.05, 0) is 140 Å². The number of ether oxygens (including phenoxy) is 5. The average Bonchev–Trinajstić information content (AvgIpc) is 1.62. The number of aryl methyl sites for hydroxylation is 1. The number of rotatable bonds is 32. The summed E-state index contributed by atoms with van der Waals surface area (Å²) in [4.78, 5) is 55.9. The molecule has 458 valence electrons. The summed E-state index contributed by atoms with van der Waals surface area (Å²) in [7, 11) is 0. The number of hydrogen-bond acceptors (Lipinski definition) is 19. The molecule has 0 spiro atoms. The molecular formula is C61H84N10Na2O11S2. The van der Waals surface area contributed by atoms with Crippen LogP contribution in [0.5, 0.6) is 0 Å². The van der Waals surface area contributed by atoms with Gasteiger partial charge in [-0.25, -0.2) is 9.69 Å². The summed E-state index contributed by atoms with van der Waals surface area (Å²) in [5, 5.41) is 56.5. The number of carbonyl (C=O) groups is 4. The fourth-order valence-electron chi connectivity index (χ4n) is 6.41. The van der Waals surface area contributed by atoms with Crippen LogP contribution in [-0.2, 0) is 42.9 Å². The Balaban J connectivity index is -0.000000187. The van der Waals surface area contributed by atoms with Gasteiger partial charge in [-0.2, -0.15) is 10.5 Å². The second-order valence-electron chi connectivity index (χ2n) is 16.5. The van der Waals surface area contributed by atoms with Gasteiger partial charge in [0.05, 0.1) is 112 Å². The van der Waals surface area contributed by atoms with E-state index < -0.39 is 42.0 Å². The van der Waals surface area contributed by atoms with Crippen LogP contribution in [0.2, 0.25) is 0 Å². The van der Waals surface area contributed by atoms with Crippen molar-refractivity contribution >= 4 is 77.8 Å². The molecule has 0 aliphatic heterocycles. The molecule has 2 atom stereocenters. The van der Waals surface area contributed by atoms with E-state index in [1.165, 1.54) is 11.3 Å². The Morgan fingerprint density at radius 2 is 1.07 bits per heavy atom. The first-order valence-corrected chi connectivity index (χ1v) is 26.9. The third-order valence-electron chi connectivity index (χ3n) is 10.7. The summed E-state index contributed by atoms with van der Waals surface area (Å²) < 4.78 is 28.6. The largest absolute Gasteiger partial charge is 1.00 e. The van der Waals surface area contributed by atoms with Crippen molar-refractivity contribution in [3.63, 3.8) is 0 Å². The number of carbonyl (C=O) groups excluding carboxylic acids is 4. The zero-order chi connectivity index (χ0) is 61.7. The molecule has 0 saturated heterocycles. The molecule has 2 heterocycles. The van der Waals surface area contributed by atoms with E-state index in [1.807, 2.05) is 31.2 Å². The topological polar surface area (TPSA) is 295 Å². The number of carboxylic acids is 2. The summed E-state index contributed by atoms with van der Waals surface area (Å²) in [5.74, 6) is 25.5. The van der Waals surface area contributed by atoms with Crippen LogP contribution < -0.4 is 90.6 Å². The SMILES string of the molecule is [C-]#[N+]c1sc(N)c(C#N)c1C.[C-]#[N+]c1sc(N=Nc2ccc(N(CCOCCOCCCNC(=O)CC(C#CC#CC#CC#C)C(=O)[O-])CCOCCOCCOCCCNC(=O)CC(C#CC#CC#CC#C)C(=O)[O-])cc2C)c(C#N)c1C.[HH].[HH].[HH].[HH].[HH].[HH].[HH].[HH].[HH].[HH].[HH].[HH].[HH].[HH].[Na+].[Na+]. The Morgan fingerprint density at radius 3 is 1.48 bits per heavy atom. The maximum Gasteiger partial charge on any atom is 1.00 e. The minimum atomic E-state index is -1.49. The predicted octanol–water partition coefficient (Wildman–Crippen LogP) is 1.42. The van der Waals surface area contributed by atoms with E-state index in [2.05, 4.69) is 124 Å².